The van der Waals surface area contributed by atoms with Crippen LogP contribution in [0.2, 0.25) is 5.02 Å². The predicted molar refractivity (Wildman–Crippen MR) is 115 cm³/mol. The van der Waals surface area contributed by atoms with Gasteiger partial charge in [0.25, 0.3) is 0 Å². The second-order valence-electron chi connectivity index (χ2n) is 6.70. The Balaban J connectivity index is 1.55. The predicted octanol–water partition coefficient (Wildman–Crippen LogP) is 5.95. The summed E-state index contributed by atoms with van der Waals surface area (Å²) in [6, 6.07) is 16.7. The zero-order valence-electron chi connectivity index (χ0n) is 16.0. The van der Waals surface area contributed by atoms with E-state index < -0.39 is 0 Å². The van der Waals surface area contributed by atoms with E-state index in [0.717, 1.165) is 10.9 Å². The van der Waals surface area contributed by atoms with Gasteiger partial charge in [-0.3, -0.25) is 4.79 Å². The van der Waals surface area contributed by atoms with Crippen molar-refractivity contribution in [2.45, 2.75) is 13.5 Å². The smallest absolute Gasteiger partial charge is 0.159 e. The zero-order chi connectivity index (χ0) is 21.1. The minimum atomic E-state index is -0.313. The Labute approximate surface area is 177 Å². The molecule has 7 heteroatoms. The summed E-state index contributed by atoms with van der Waals surface area (Å²) >= 11 is 6.36. The number of ketones is 1. The molecule has 0 aliphatic rings. The lowest BCUT2D eigenvalue weighted by atomic mass is 10.1. The molecule has 0 unspecified atom stereocenters. The van der Waals surface area contributed by atoms with Gasteiger partial charge in [0.15, 0.2) is 5.78 Å². The van der Waals surface area contributed by atoms with Gasteiger partial charge in [-0.05, 0) is 61.0 Å². The molecule has 0 saturated heterocycles. The summed E-state index contributed by atoms with van der Waals surface area (Å²) in [7, 11) is 0. The number of benzene rings is 3. The average Bonchev–Trinajstić information content (AvgIpc) is 2.73. The van der Waals surface area contributed by atoms with Crippen LogP contribution in [0.3, 0.4) is 0 Å². The van der Waals surface area contributed by atoms with Crippen LogP contribution in [-0.4, -0.2) is 15.8 Å². The second-order valence-corrected chi connectivity index (χ2v) is 7.11. The van der Waals surface area contributed by atoms with Crippen molar-refractivity contribution >= 4 is 39.8 Å². The van der Waals surface area contributed by atoms with E-state index in [9.17, 15) is 9.18 Å². The maximum absolute atomic E-state index is 13.3. The third kappa shape index (κ3) is 4.39. The van der Waals surface area contributed by atoms with E-state index in [1.54, 1.807) is 48.5 Å². The number of nitrogens with one attached hydrogen (secondary N) is 1. The van der Waals surface area contributed by atoms with Crippen LogP contribution < -0.4 is 10.1 Å². The van der Waals surface area contributed by atoms with Crippen LogP contribution in [0.4, 0.5) is 15.9 Å². The largest absolute Gasteiger partial charge is 0.487 e. The summed E-state index contributed by atoms with van der Waals surface area (Å²) in [6.45, 7) is 1.72. The first-order valence-electron chi connectivity index (χ1n) is 9.19. The van der Waals surface area contributed by atoms with Gasteiger partial charge in [0.1, 0.15) is 30.3 Å². The number of hydrogen-bond donors (Lipinski definition) is 1. The van der Waals surface area contributed by atoms with Crippen molar-refractivity contribution < 1.29 is 13.9 Å². The molecule has 0 aliphatic carbocycles. The third-order valence-electron chi connectivity index (χ3n) is 4.52. The van der Waals surface area contributed by atoms with E-state index in [4.69, 9.17) is 16.3 Å². The molecule has 0 atom stereocenters. The molecule has 4 rings (SSSR count). The highest BCUT2D eigenvalue weighted by Crippen LogP contribution is 2.31. The number of Topliss-reactive ketones (excluding diaryl/α,β-unsaturated/α-hetero) is 1. The van der Waals surface area contributed by atoms with E-state index in [2.05, 4.69) is 15.3 Å². The molecule has 1 aromatic heterocycles. The second kappa shape index (κ2) is 8.47. The summed E-state index contributed by atoms with van der Waals surface area (Å²) in [5, 5.41) is 4.34. The van der Waals surface area contributed by atoms with Gasteiger partial charge in [-0.1, -0.05) is 23.7 Å². The molecule has 30 heavy (non-hydrogen) atoms. The number of fused-ring (bicyclic) bond motifs is 1. The fourth-order valence-electron chi connectivity index (χ4n) is 3.00. The van der Waals surface area contributed by atoms with Crippen molar-refractivity contribution in [2.24, 2.45) is 0 Å². The van der Waals surface area contributed by atoms with E-state index in [1.165, 1.54) is 25.4 Å². The standard InChI is InChI=1S/C23H17ClFN3O2/c1-14(29)16-5-7-21-19(10-16)23(27-13-26-21)28-18-6-8-22(20(24)11-18)30-12-15-3-2-4-17(25)9-15/h2-11,13H,12H2,1H3,(H,26,27,28). The molecule has 0 aliphatic heterocycles. The summed E-state index contributed by atoms with van der Waals surface area (Å²) in [4.78, 5) is 20.2. The molecular formula is C23H17ClFN3O2. The number of halogens is 2. The van der Waals surface area contributed by atoms with Crippen LogP contribution in [0, 0.1) is 5.82 Å². The van der Waals surface area contributed by atoms with Crippen LogP contribution in [-0.2, 0) is 6.61 Å². The van der Waals surface area contributed by atoms with Gasteiger partial charge in [-0.15, -0.1) is 0 Å². The van der Waals surface area contributed by atoms with Crippen molar-refractivity contribution in [3.8, 4) is 5.75 Å². The van der Waals surface area contributed by atoms with Gasteiger partial charge < -0.3 is 10.1 Å². The van der Waals surface area contributed by atoms with Crippen LogP contribution in [0.15, 0.2) is 67.0 Å². The number of ether oxygens (including phenoxy) is 1. The lowest BCUT2D eigenvalue weighted by Gasteiger charge is -2.12. The van der Waals surface area contributed by atoms with Gasteiger partial charge in [0.2, 0.25) is 0 Å². The van der Waals surface area contributed by atoms with Gasteiger partial charge in [0.05, 0.1) is 10.5 Å². The van der Waals surface area contributed by atoms with Gasteiger partial charge in [-0.25, -0.2) is 14.4 Å². The SMILES string of the molecule is CC(=O)c1ccc2ncnc(Nc3ccc(OCc4cccc(F)c4)c(Cl)c3)c2c1. The molecule has 0 spiro atoms. The average molecular weight is 422 g/mol. The number of aromatic nitrogens is 2. The Hall–Kier alpha value is -3.51. The first-order chi connectivity index (χ1) is 14.5. The van der Waals surface area contributed by atoms with Crippen molar-refractivity contribution in [1.82, 2.24) is 9.97 Å². The van der Waals surface area contributed by atoms with Gasteiger partial charge >= 0.3 is 0 Å². The van der Waals surface area contributed by atoms with Crippen molar-refractivity contribution in [2.75, 3.05) is 5.32 Å². The summed E-state index contributed by atoms with van der Waals surface area (Å²) in [6.07, 6.45) is 1.45. The molecule has 1 heterocycles. The molecule has 1 N–H and O–H groups in total. The van der Waals surface area contributed by atoms with E-state index >= 15 is 0 Å². The number of rotatable bonds is 6. The highest BCUT2D eigenvalue weighted by molar-refractivity contribution is 6.32. The molecule has 3 aromatic carbocycles. The Kier molecular flexibility index (Phi) is 5.59. The van der Waals surface area contributed by atoms with Crippen LogP contribution in [0.5, 0.6) is 5.75 Å². The first-order valence-corrected chi connectivity index (χ1v) is 9.57. The number of carbonyl (C=O) groups excluding carboxylic acids is 1. The summed E-state index contributed by atoms with van der Waals surface area (Å²) in [5.74, 6) is 0.701. The molecule has 150 valence electrons. The number of hydrogen-bond acceptors (Lipinski definition) is 5. The van der Waals surface area contributed by atoms with Crippen LogP contribution in [0.25, 0.3) is 10.9 Å². The highest BCUT2D eigenvalue weighted by atomic mass is 35.5. The van der Waals surface area contributed by atoms with Gasteiger partial charge in [-0.2, -0.15) is 0 Å². The summed E-state index contributed by atoms with van der Waals surface area (Å²) in [5.41, 5.74) is 2.71. The maximum atomic E-state index is 13.3. The fraction of sp³-hybridized carbons (Fsp3) is 0.0870. The van der Waals surface area contributed by atoms with E-state index in [0.29, 0.717) is 33.4 Å². The fourth-order valence-corrected chi connectivity index (χ4v) is 3.23. The van der Waals surface area contributed by atoms with E-state index in [-0.39, 0.29) is 18.2 Å². The molecule has 5 nitrogen and oxygen atoms in total. The Morgan fingerprint density at radius 3 is 2.73 bits per heavy atom. The number of anilines is 2. The monoisotopic (exact) mass is 421 g/mol. The maximum Gasteiger partial charge on any atom is 0.159 e. The molecule has 0 fully saturated rings. The molecule has 0 amide bonds. The van der Waals surface area contributed by atoms with E-state index in [1.807, 2.05) is 0 Å². The quantitative estimate of drug-likeness (QED) is 0.390. The number of nitrogens with zero attached hydrogens (tertiary/aromatic N) is 2. The normalized spacial score (nSPS) is 10.8. The summed E-state index contributed by atoms with van der Waals surface area (Å²) < 4.78 is 19.0. The Morgan fingerprint density at radius 1 is 1.10 bits per heavy atom. The van der Waals surface area contributed by atoms with Crippen molar-refractivity contribution in [3.63, 3.8) is 0 Å². The Morgan fingerprint density at radius 2 is 1.97 bits per heavy atom. The van der Waals surface area contributed by atoms with Crippen LogP contribution in [0.1, 0.15) is 22.8 Å². The minimum Gasteiger partial charge on any atom is -0.487 e. The van der Waals surface area contributed by atoms with Crippen molar-refractivity contribution in [3.05, 3.63) is 89.0 Å². The molecule has 0 radical (unpaired) electrons. The Bertz CT molecular complexity index is 1250. The van der Waals surface area contributed by atoms with Crippen molar-refractivity contribution in [1.29, 1.82) is 0 Å². The molecule has 4 aromatic rings. The lowest BCUT2D eigenvalue weighted by molar-refractivity contribution is 0.101. The minimum absolute atomic E-state index is 0.0328. The highest BCUT2D eigenvalue weighted by Gasteiger charge is 2.09. The lowest BCUT2D eigenvalue weighted by Crippen LogP contribution is -1.99. The third-order valence-corrected chi connectivity index (χ3v) is 4.82. The van der Waals surface area contributed by atoms with Crippen LogP contribution >= 0.6 is 11.6 Å². The molecule has 0 saturated carbocycles. The molecular weight excluding hydrogens is 405 g/mol. The number of carbonyl (C=O) groups is 1. The molecule has 0 bridgehead atoms. The zero-order valence-corrected chi connectivity index (χ0v) is 16.8. The van der Waals surface area contributed by atoms with Gasteiger partial charge in [0, 0.05) is 16.6 Å². The first kappa shape index (κ1) is 19.8. The topological polar surface area (TPSA) is 64.1 Å².